The van der Waals surface area contributed by atoms with Gasteiger partial charge in [-0.3, -0.25) is 0 Å². The van der Waals surface area contributed by atoms with E-state index in [2.05, 4.69) is 57.2 Å². The van der Waals surface area contributed by atoms with Gasteiger partial charge in [0.25, 0.3) is 0 Å². The van der Waals surface area contributed by atoms with E-state index >= 15 is 0 Å². The summed E-state index contributed by atoms with van der Waals surface area (Å²) in [6.45, 7) is 6.75. The van der Waals surface area contributed by atoms with Gasteiger partial charge in [0.05, 0.1) is 0 Å². The van der Waals surface area contributed by atoms with E-state index in [-0.39, 0.29) is 0 Å². The van der Waals surface area contributed by atoms with Crippen LogP contribution >= 0.6 is 0 Å². The summed E-state index contributed by atoms with van der Waals surface area (Å²) in [7, 11) is 0. The van der Waals surface area contributed by atoms with E-state index in [1.165, 1.54) is 30.4 Å². The molecule has 0 unspecified atom stereocenters. The largest absolute Gasteiger partial charge is 0.0839 e. The molecule has 0 fully saturated rings. The quantitative estimate of drug-likeness (QED) is 0.649. The molecule has 1 rings (SSSR count). The van der Waals surface area contributed by atoms with Crippen LogP contribution < -0.4 is 0 Å². The zero-order valence-electron chi connectivity index (χ0n) is 10.2. The molecule has 0 atom stereocenters. The third-order valence-corrected chi connectivity index (χ3v) is 2.44. The van der Waals surface area contributed by atoms with Gasteiger partial charge in [0.15, 0.2) is 0 Å². The van der Waals surface area contributed by atoms with E-state index in [1.54, 1.807) is 0 Å². The van der Waals surface area contributed by atoms with Crippen LogP contribution in [0.25, 0.3) is 6.08 Å². The molecule has 0 saturated carbocycles. The molecular formula is C15H22. The van der Waals surface area contributed by atoms with Crippen LogP contribution in [-0.2, 0) is 6.42 Å². The average molecular weight is 202 g/mol. The third kappa shape index (κ3) is 4.33. The lowest BCUT2D eigenvalue weighted by atomic mass is 9.97. The topological polar surface area (TPSA) is 0 Å². The zero-order chi connectivity index (χ0) is 11.1. The lowest BCUT2D eigenvalue weighted by molar-refractivity contribution is 0.646. The van der Waals surface area contributed by atoms with Crippen molar-refractivity contribution in [2.24, 2.45) is 5.92 Å². The molecule has 0 aliphatic carbocycles. The molecule has 0 amide bonds. The Morgan fingerprint density at radius 1 is 1.20 bits per heavy atom. The van der Waals surface area contributed by atoms with Crippen LogP contribution in [0.3, 0.4) is 0 Å². The summed E-state index contributed by atoms with van der Waals surface area (Å²) in [5.41, 5.74) is 2.86. The van der Waals surface area contributed by atoms with Gasteiger partial charge in [-0.05, 0) is 29.9 Å². The minimum absolute atomic E-state index is 0.728. The van der Waals surface area contributed by atoms with Gasteiger partial charge >= 0.3 is 0 Å². The van der Waals surface area contributed by atoms with Crippen molar-refractivity contribution in [1.29, 1.82) is 0 Å². The Morgan fingerprint density at radius 2 is 1.93 bits per heavy atom. The monoisotopic (exact) mass is 202 g/mol. The van der Waals surface area contributed by atoms with E-state index in [0.717, 1.165) is 5.92 Å². The lowest BCUT2D eigenvalue weighted by Gasteiger charge is -2.08. The average Bonchev–Trinajstić information content (AvgIpc) is 2.20. The number of rotatable bonds is 5. The summed E-state index contributed by atoms with van der Waals surface area (Å²) in [6, 6.07) is 8.71. The van der Waals surface area contributed by atoms with E-state index in [9.17, 15) is 0 Å². The van der Waals surface area contributed by atoms with Gasteiger partial charge in [0.1, 0.15) is 0 Å². The molecule has 0 spiro atoms. The fraction of sp³-hybridized carbons (Fsp3) is 0.467. The molecule has 15 heavy (non-hydrogen) atoms. The van der Waals surface area contributed by atoms with Crippen LogP contribution in [0.15, 0.2) is 30.3 Å². The second-order valence-electron chi connectivity index (χ2n) is 4.49. The maximum Gasteiger partial charge on any atom is -0.0228 e. The number of hydrogen-bond donors (Lipinski definition) is 0. The van der Waals surface area contributed by atoms with E-state index in [0.29, 0.717) is 0 Å². The van der Waals surface area contributed by atoms with Gasteiger partial charge in [0, 0.05) is 0 Å². The summed E-state index contributed by atoms with van der Waals surface area (Å²) in [5, 5.41) is 0. The summed E-state index contributed by atoms with van der Waals surface area (Å²) in [6.07, 6.45) is 8.12. The first-order valence-electron chi connectivity index (χ1n) is 5.98. The van der Waals surface area contributed by atoms with Gasteiger partial charge in [-0.1, -0.05) is 63.6 Å². The van der Waals surface area contributed by atoms with E-state index < -0.39 is 0 Å². The van der Waals surface area contributed by atoms with Gasteiger partial charge in [-0.25, -0.2) is 0 Å². The van der Waals surface area contributed by atoms with Crippen molar-refractivity contribution >= 4 is 6.08 Å². The minimum Gasteiger partial charge on any atom is -0.0839 e. The molecule has 0 N–H and O–H groups in total. The first-order chi connectivity index (χ1) is 7.24. The van der Waals surface area contributed by atoms with Crippen molar-refractivity contribution in [2.45, 2.75) is 40.0 Å². The first kappa shape index (κ1) is 12.0. The molecular weight excluding hydrogens is 180 g/mol. The third-order valence-electron chi connectivity index (χ3n) is 2.44. The summed E-state index contributed by atoms with van der Waals surface area (Å²) in [4.78, 5) is 0. The fourth-order valence-corrected chi connectivity index (χ4v) is 1.70. The molecule has 0 aliphatic heterocycles. The maximum absolute atomic E-state index is 2.28. The molecule has 82 valence electrons. The predicted octanol–water partition coefficient (Wildman–Crippen LogP) is 4.70. The minimum atomic E-state index is 0.728. The van der Waals surface area contributed by atoms with Crippen LogP contribution in [0.2, 0.25) is 0 Å². The standard InChI is InChI=1S/C15H22/c1-4-5-6-9-14-10-7-8-11-15(14)12-13(2)3/h6-11,13H,4-5,12H2,1-3H3. The van der Waals surface area contributed by atoms with Crippen molar-refractivity contribution in [3.63, 3.8) is 0 Å². The smallest absolute Gasteiger partial charge is 0.0228 e. The maximum atomic E-state index is 2.28. The van der Waals surface area contributed by atoms with E-state index in [4.69, 9.17) is 0 Å². The van der Waals surface area contributed by atoms with Crippen molar-refractivity contribution in [3.05, 3.63) is 41.5 Å². The van der Waals surface area contributed by atoms with Gasteiger partial charge in [0.2, 0.25) is 0 Å². The molecule has 0 bridgehead atoms. The zero-order valence-corrected chi connectivity index (χ0v) is 10.2. The van der Waals surface area contributed by atoms with Crippen LogP contribution in [0.1, 0.15) is 44.7 Å². The van der Waals surface area contributed by atoms with Crippen molar-refractivity contribution < 1.29 is 0 Å². The van der Waals surface area contributed by atoms with Crippen molar-refractivity contribution in [3.8, 4) is 0 Å². The predicted molar refractivity (Wildman–Crippen MR) is 68.9 cm³/mol. The van der Waals surface area contributed by atoms with Gasteiger partial charge in [-0.2, -0.15) is 0 Å². The highest BCUT2D eigenvalue weighted by atomic mass is 14.1. The van der Waals surface area contributed by atoms with Crippen molar-refractivity contribution in [1.82, 2.24) is 0 Å². The molecule has 0 heterocycles. The van der Waals surface area contributed by atoms with Crippen LogP contribution in [0.5, 0.6) is 0 Å². The highest BCUT2D eigenvalue weighted by Crippen LogP contribution is 2.15. The van der Waals surface area contributed by atoms with Crippen LogP contribution in [0.4, 0.5) is 0 Å². The summed E-state index contributed by atoms with van der Waals surface area (Å²) in [5.74, 6) is 0.728. The first-order valence-corrected chi connectivity index (χ1v) is 5.98. The Morgan fingerprint density at radius 3 is 2.60 bits per heavy atom. The molecule has 1 aromatic carbocycles. The van der Waals surface area contributed by atoms with E-state index in [1.807, 2.05) is 0 Å². The Bertz CT molecular complexity index is 308. The Hall–Kier alpha value is -1.04. The summed E-state index contributed by atoms with van der Waals surface area (Å²) >= 11 is 0. The SMILES string of the molecule is CCCC=Cc1ccccc1CC(C)C. The number of hydrogen-bond acceptors (Lipinski definition) is 0. The normalized spacial score (nSPS) is 11.5. The number of allylic oxidation sites excluding steroid dienone is 1. The fourth-order valence-electron chi connectivity index (χ4n) is 1.70. The van der Waals surface area contributed by atoms with Crippen LogP contribution in [-0.4, -0.2) is 0 Å². The molecule has 0 aliphatic rings. The molecule has 0 radical (unpaired) electrons. The van der Waals surface area contributed by atoms with Crippen LogP contribution in [0, 0.1) is 5.92 Å². The van der Waals surface area contributed by atoms with Gasteiger partial charge in [-0.15, -0.1) is 0 Å². The number of unbranched alkanes of at least 4 members (excludes halogenated alkanes) is 1. The highest BCUT2D eigenvalue weighted by molar-refractivity contribution is 5.53. The molecule has 0 saturated heterocycles. The molecule has 0 nitrogen and oxygen atoms in total. The number of benzene rings is 1. The second-order valence-corrected chi connectivity index (χ2v) is 4.49. The van der Waals surface area contributed by atoms with Crippen molar-refractivity contribution in [2.75, 3.05) is 0 Å². The Balaban J connectivity index is 2.76. The van der Waals surface area contributed by atoms with Gasteiger partial charge < -0.3 is 0 Å². The molecule has 0 heteroatoms. The molecule has 1 aromatic rings. The second kappa shape index (κ2) is 6.44. The lowest BCUT2D eigenvalue weighted by Crippen LogP contribution is -1.96. The highest BCUT2D eigenvalue weighted by Gasteiger charge is 2.00. The summed E-state index contributed by atoms with van der Waals surface area (Å²) < 4.78 is 0. The molecule has 0 aromatic heterocycles. The Kier molecular flexibility index (Phi) is 5.17. The Labute approximate surface area is 94.0 Å².